The monoisotopic (exact) mass is 215 g/mol. The number of hydrogen-bond donors (Lipinski definition) is 0. The van der Waals surface area contributed by atoms with Gasteiger partial charge in [-0.05, 0) is 18.2 Å². The Morgan fingerprint density at radius 3 is 2.87 bits per heavy atom. The first-order valence-electron chi connectivity index (χ1n) is 4.26. The highest BCUT2D eigenvalue weighted by molar-refractivity contribution is 6.30. The van der Waals surface area contributed by atoms with Crippen molar-refractivity contribution in [1.82, 2.24) is 9.97 Å². The van der Waals surface area contributed by atoms with E-state index in [9.17, 15) is 0 Å². The maximum Gasteiger partial charge on any atom is 0.101 e. The minimum atomic E-state index is 0.509. The van der Waals surface area contributed by atoms with Crippen molar-refractivity contribution < 1.29 is 0 Å². The van der Waals surface area contributed by atoms with E-state index in [1.807, 2.05) is 6.07 Å². The summed E-state index contributed by atoms with van der Waals surface area (Å²) >= 11 is 5.84. The molecular formula is C11H6ClN3. The average Bonchev–Trinajstić information content (AvgIpc) is 2.29. The number of pyridine rings is 2. The number of rotatable bonds is 1. The largest absolute Gasteiger partial charge is 0.263 e. The van der Waals surface area contributed by atoms with Crippen LogP contribution in [0.4, 0.5) is 0 Å². The number of nitriles is 1. The maximum absolute atomic E-state index is 8.73. The second-order valence-electron chi connectivity index (χ2n) is 2.93. The molecule has 0 radical (unpaired) electrons. The molecule has 2 aromatic rings. The maximum atomic E-state index is 8.73. The summed E-state index contributed by atoms with van der Waals surface area (Å²) in [4.78, 5) is 8.11. The highest BCUT2D eigenvalue weighted by Crippen LogP contribution is 2.19. The summed E-state index contributed by atoms with van der Waals surface area (Å²) in [5.41, 5.74) is 2.01. The van der Waals surface area contributed by atoms with Gasteiger partial charge in [-0.3, -0.25) is 9.97 Å². The van der Waals surface area contributed by atoms with Gasteiger partial charge in [0.1, 0.15) is 6.07 Å². The highest BCUT2D eigenvalue weighted by Gasteiger charge is 2.01. The SMILES string of the molecule is N#Cc1cncc(-c2cc(Cl)ccn2)c1. The predicted octanol–water partition coefficient (Wildman–Crippen LogP) is 2.67. The van der Waals surface area contributed by atoms with Crippen molar-refractivity contribution in [2.45, 2.75) is 0 Å². The fourth-order valence-electron chi connectivity index (χ4n) is 1.20. The normalized spacial score (nSPS) is 9.60. The molecule has 0 aromatic carbocycles. The Bertz CT molecular complexity index is 531. The van der Waals surface area contributed by atoms with Crippen LogP contribution < -0.4 is 0 Å². The lowest BCUT2D eigenvalue weighted by atomic mass is 10.1. The second-order valence-corrected chi connectivity index (χ2v) is 3.37. The molecule has 0 N–H and O–H groups in total. The standard InChI is InChI=1S/C11H6ClN3/c12-10-1-2-15-11(4-10)9-3-8(5-13)6-14-7-9/h1-4,6-7H. The topological polar surface area (TPSA) is 49.6 Å². The highest BCUT2D eigenvalue weighted by atomic mass is 35.5. The van der Waals surface area contributed by atoms with Gasteiger partial charge in [0.15, 0.2) is 0 Å². The average molecular weight is 216 g/mol. The summed E-state index contributed by atoms with van der Waals surface area (Å²) in [7, 11) is 0. The molecule has 72 valence electrons. The lowest BCUT2D eigenvalue weighted by Gasteiger charge is -2.00. The molecule has 0 fully saturated rings. The van der Waals surface area contributed by atoms with Gasteiger partial charge in [0.2, 0.25) is 0 Å². The van der Waals surface area contributed by atoms with Crippen molar-refractivity contribution in [1.29, 1.82) is 5.26 Å². The van der Waals surface area contributed by atoms with E-state index >= 15 is 0 Å². The minimum absolute atomic E-state index is 0.509. The third-order valence-electron chi connectivity index (χ3n) is 1.89. The van der Waals surface area contributed by atoms with Crippen LogP contribution in [0.2, 0.25) is 5.02 Å². The summed E-state index contributed by atoms with van der Waals surface area (Å²) in [6, 6.07) is 7.19. The zero-order chi connectivity index (χ0) is 10.7. The van der Waals surface area contributed by atoms with E-state index in [0.717, 1.165) is 5.56 Å². The zero-order valence-electron chi connectivity index (χ0n) is 7.68. The van der Waals surface area contributed by atoms with Gasteiger partial charge < -0.3 is 0 Å². The first-order chi connectivity index (χ1) is 7.29. The van der Waals surface area contributed by atoms with Gasteiger partial charge in [-0.1, -0.05) is 11.6 Å². The first-order valence-corrected chi connectivity index (χ1v) is 4.64. The molecular weight excluding hydrogens is 210 g/mol. The van der Waals surface area contributed by atoms with E-state index in [-0.39, 0.29) is 0 Å². The molecule has 3 nitrogen and oxygen atoms in total. The third kappa shape index (κ3) is 2.12. The molecule has 2 aromatic heterocycles. The fraction of sp³-hybridized carbons (Fsp3) is 0. The van der Waals surface area contributed by atoms with Crippen LogP contribution >= 0.6 is 11.6 Å². The first kappa shape index (κ1) is 9.63. The van der Waals surface area contributed by atoms with E-state index < -0.39 is 0 Å². The summed E-state index contributed by atoms with van der Waals surface area (Å²) < 4.78 is 0. The zero-order valence-corrected chi connectivity index (χ0v) is 8.44. The molecule has 0 saturated carbocycles. The number of hydrogen-bond acceptors (Lipinski definition) is 3. The number of halogens is 1. The summed E-state index contributed by atoms with van der Waals surface area (Å²) in [6.07, 6.45) is 4.78. The van der Waals surface area contributed by atoms with Crippen molar-refractivity contribution in [3.63, 3.8) is 0 Å². The molecule has 0 spiro atoms. The van der Waals surface area contributed by atoms with Crippen LogP contribution in [0.15, 0.2) is 36.8 Å². The fourth-order valence-corrected chi connectivity index (χ4v) is 1.36. The Hall–Kier alpha value is -1.92. The van der Waals surface area contributed by atoms with Crippen molar-refractivity contribution >= 4 is 11.6 Å². The van der Waals surface area contributed by atoms with E-state index in [4.69, 9.17) is 16.9 Å². The van der Waals surface area contributed by atoms with Crippen LogP contribution in [-0.2, 0) is 0 Å². The van der Waals surface area contributed by atoms with E-state index in [0.29, 0.717) is 16.3 Å². The Balaban J connectivity index is 2.50. The molecule has 0 bridgehead atoms. The number of aromatic nitrogens is 2. The molecule has 15 heavy (non-hydrogen) atoms. The van der Waals surface area contributed by atoms with Crippen LogP contribution in [0, 0.1) is 11.3 Å². The van der Waals surface area contributed by atoms with Crippen molar-refractivity contribution in [2.75, 3.05) is 0 Å². The van der Waals surface area contributed by atoms with Crippen molar-refractivity contribution in [3.8, 4) is 17.3 Å². The van der Waals surface area contributed by atoms with Gasteiger partial charge in [-0.15, -0.1) is 0 Å². The van der Waals surface area contributed by atoms with Gasteiger partial charge >= 0.3 is 0 Å². The van der Waals surface area contributed by atoms with Gasteiger partial charge in [0, 0.05) is 29.2 Å². The molecule has 0 atom stereocenters. The molecule has 0 aliphatic rings. The molecule has 0 aliphatic heterocycles. The smallest absolute Gasteiger partial charge is 0.101 e. The summed E-state index contributed by atoms with van der Waals surface area (Å²) in [5, 5.41) is 9.34. The lowest BCUT2D eigenvalue weighted by Crippen LogP contribution is -1.86. The molecule has 0 amide bonds. The summed E-state index contributed by atoms with van der Waals surface area (Å²) in [5.74, 6) is 0. The summed E-state index contributed by atoms with van der Waals surface area (Å²) in [6.45, 7) is 0. The van der Waals surface area contributed by atoms with Crippen LogP contribution in [0.5, 0.6) is 0 Å². The van der Waals surface area contributed by atoms with Crippen LogP contribution in [0.25, 0.3) is 11.3 Å². The van der Waals surface area contributed by atoms with Crippen LogP contribution in [0.1, 0.15) is 5.56 Å². The van der Waals surface area contributed by atoms with E-state index in [2.05, 4.69) is 9.97 Å². The van der Waals surface area contributed by atoms with Crippen molar-refractivity contribution in [3.05, 3.63) is 47.4 Å². The van der Waals surface area contributed by atoms with Crippen LogP contribution in [0.3, 0.4) is 0 Å². The molecule has 4 heteroatoms. The third-order valence-corrected chi connectivity index (χ3v) is 2.12. The van der Waals surface area contributed by atoms with Crippen molar-refractivity contribution in [2.24, 2.45) is 0 Å². The van der Waals surface area contributed by atoms with Gasteiger partial charge in [0.25, 0.3) is 0 Å². The molecule has 2 heterocycles. The van der Waals surface area contributed by atoms with E-state index in [1.165, 1.54) is 6.20 Å². The Labute approximate surface area is 92.0 Å². The minimum Gasteiger partial charge on any atom is -0.263 e. The van der Waals surface area contributed by atoms with E-state index in [1.54, 1.807) is 30.6 Å². The Kier molecular flexibility index (Phi) is 2.61. The quantitative estimate of drug-likeness (QED) is 0.735. The Morgan fingerprint density at radius 2 is 2.13 bits per heavy atom. The Morgan fingerprint density at radius 1 is 1.27 bits per heavy atom. The van der Waals surface area contributed by atoms with Gasteiger partial charge in [0.05, 0.1) is 11.3 Å². The molecule has 0 saturated heterocycles. The molecule has 0 unspecified atom stereocenters. The predicted molar refractivity (Wildman–Crippen MR) is 57.2 cm³/mol. The van der Waals surface area contributed by atoms with Gasteiger partial charge in [-0.2, -0.15) is 5.26 Å². The molecule has 2 rings (SSSR count). The van der Waals surface area contributed by atoms with Gasteiger partial charge in [-0.25, -0.2) is 0 Å². The second kappa shape index (κ2) is 4.07. The van der Waals surface area contributed by atoms with Crippen LogP contribution in [-0.4, -0.2) is 9.97 Å². The lowest BCUT2D eigenvalue weighted by molar-refractivity contribution is 1.26. The molecule has 0 aliphatic carbocycles. The number of nitrogens with zero attached hydrogens (tertiary/aromatic N) is 3.